The molecule has 0 N–H and O–H groups in total. The van der Waals surface area contributed by atoms with Crippen LogP contribution in [0.2, 0.25) is 5.02 Å². The van der Waals surface area contributed by atoms with Crippen molar-refractivity contribution in [3.63, 3.8) is 0 Å². The summed E-state index contributed by atoms with van der Waals surface area (Å²) in [5.74, 6) is -0.618. The molecule has 0 unspecified atom stereocenters. The standard InChI is InChI=1S/C11H14ClNO4S/c1-8-6-9(12)4-5-10(8)18(15,16)13(2)7-11(14)17-3/h4-6H,7H2,1-3H3. The summed E-state index contributed by atoms with van der Waals surface area (Å²) in [7, 11) is -1.19. The highest BCUT2D eigenvalue weighted by Gasteiger charge is 2.24. The normalized spacial score (nSPS) is 11.6. The highest BCUT2D eigenvalue weighted by atomic mass is 35.5. The van der Waals surface area contributed by atoms with Gasteiger partial charge in [-0.25, -0.2) is 8.42 Å². The van der Waals surface area contributed by atoms with Gasteiger partial charge < -0.3 is 4.74 Å². The fraction of sp³-hybridized carbons (Fsp3) is 0.364. The first-order valence-corrected chi connectivity index (χ1v) is 6.90. The Kier molecular flexibility index (Phi) is 4.72. The zero-order chi connectivity index (χ0) is 13.9. The van der Waals surface area contributed by atoms with Crippen LogP contribution in [0, 0.1) is 6.92 Å². The van der Waals surface area contributed by atoms with E-state index in [0.717, 1.165) is 4.31 Å². The van der Waals surface area contributed by atoms with Crippen molar-refractivity contribution in [1.82, 2.24) is 4.31 Å². The molecule has 0 aliphatic carbocycles. The fourth-order valence-corrected chi connectivity index (χ4v) is 2.95. The summed E-state index contributed by atoms with van der Waals surface area (Å²) in [5, 5.41) is 0.460. The van der Waals surface area contributed by atoms with Crippen molar-refractivity contribution in [2.45, 2.75) is 11.8 Å². The van der Waals surface area contributed by atoms with Crippen molar-refractivity contribution >= 4 is 27.6 Å². The molecule has 1 aromatic carbocycles. The van der Waals surface area contributed by atoms with Crippen molar-refractivity contribution in [1.29, 1.82) is 0 Å². The van der Waals surface area contributed by atoms with Crippen molar-refractivity contribution < 1.29 is 17.9 Å². The number of halogens is 1. The number of methoxy groups -OCH3 is 1. The second-order valence-corrected chi connectivity index (χ2v) is 6.20. The molecule has 7 heteroatoms. The molecule has 0 saturated carbocycles. The second-order valence-electron chi connectivity index (χ2n) is 3.75. The van der Waals surface area contributed by atoms with Gasteiger partial charge in [0.1, 0.15) is 6.54 Å². The van der Waals surface area contributed by atoms with Gasteiger partial charge in [0.2, 0.25) is 10.0 Å². The van der Waals surface area contributed by atoms with Gasteiger partial charge in [-0.3, -0.25) is 4.79 Å². The third-order valence-corrected chi connectivity index (χ3v) is 4.60. The Labute approximate surface area is 111 Å². The molecule has 0 radical (unpaired) electrons. The molecule has 0 aliphatic rings. The van der Waals surface area contributed by atoms with Crippen LogP contribution >= 0.6 is 11.6 Å². The summed E-state index contributed by atoms with van der Waals surface area (Å²) < 4.78 is 29.8. The van der Waals surface area contributed by atoms with E-state index in [9.17, 15) is 13.2 Å². The Morgan fingerprint density at radius 1 is 1.44 bits per heavy atom. The number of ether oxygens (including phenoxy) is 1. The molecule has 0 atom stereocenters. The minimum Gasteiger partial charge on any atom is -0.468 e. The van der Waals surface area contributed by atoms with Crippen LogP contribution in [0.25, 0.3) is 0 Å². The van der Waals surface area contributed by atoms with Gasteiger partial charge in [-0.05, 0) is 30.7 Å². The van der Waals surface area contributed by atoms with E-state index in [4.69, 9.17) is 11.6 Å². The van der Waals surface area contributed by atoms with Crippen molar-refractivity contribution in [2.24, 2.45) is 0 Å². The predicted octanol–water partition coefficient (Wildman–Crippen LogP) is 1.44. The lowest BCUT2D eigenvalue weighted by molar-refractivity contribution is -0.140. The molecule has 0 aromatic heterocycles. The molecule has 1 rings (SSSR count). The van der Waals surface area contributed by atoms with E-state index in [1.54, 1.807) is 13.0 Å². The highest BCUT2D eigenvalue weighted by Crippen LogP contribution is 2.22. The van der Waals surface area contributed by atoms with Gasteiger partial charge in [-0.2, -0.15) is 4.31 Å². The smallest absolute Gasteiger partial charge is 0.321 e. The molecule has 18 heavy (non-hydrogen) atoms. The van der Waals surface area contributed by atoms with E-state index in [1.165, 1.54) is 26.3 Å². The molecule has 5 nitrogen and oxygen atoms in total. The Hall–Kier alpha value is -1.11. The van der Waals surface area contributed by atoms with E-state index >= 15 is 0 Å². The van der Waals surface area contributed by atoms with Crippen LogP contribution in [-0.4, -0.2) is 39.4 Å². The zero-order valence-corrected chi connectivity index (χ0v) is 11.9. The number of hydrogen-bond acceptors (Lipinski definition) is 4. The summed E-state index contributed by atoms with van der Waals surface area (Å²) >= 11 is 5.77. The number of sulfonamides is 1. The van der Waals surface area contributed by atoms with E-state index in [2.05, 4.69) is 4.74 Å². The molecule has 0 fully saturated rings. The molecule has 0 amide bonds. The fourth-order valence-electron chi connectivity index (χ4n) is 1.40. The lowest BCUT2D eigenvalue weighted by atomic mass is 10.2. The van der Waals surface area contributed by atoms with Crippen LogP contribution in [-0.2, 0) is 19.6 Å². The third kappa shape index (κ3) is 3.22. The van der Waals surface area contributed by atoms with Gasteiger partial charge in [0.05, 0.1) is 12.0 Å². The number of benzene rings is 1. The molecule has 0 saturated heterocycles. The van der Waals surface area contributed by atoms with Gasteiger partial charge in [-0.1, -0.05) is 11.6 Å². The lowest BCUT2D eigenvalue weighted by Crippen LogP contribution is -2.33. The molecule has 0 aliphatic heterocycles. The number of likely N-dealkylation sites (N-methyl/N-ethyl adjacent to an activating group) is 1. The van der Waals surface area contributed by atoms with Gasteiger partial charge in [0, 0.05) is 12.1 Å². The number of hydrogen-bond donors (Lipinski definition) is 0. The zero-order valence-electron chi connectivity index (χ0n) is 10.3. The average molecular weight is 292 g/mol. The molecular formula is C11H14ClNO4S. The van der Waals surface area contributed by atoms with Gasteiger partial charge in [0.15, 0.2) is 0 Å². The number of carbonyl (C=O) groups is 1. The second kappa shape index (κ2) is 5.69. The first-order chi connectivity index (χ1) is 8.28. The van der Waals surface area contributed by atoms with E-state index < -0.39 is 16.0 Å². The maximum atomic E-state index is 12.2. The van der Waals surface area contributed by atoms with Crippen LogP contribution in [0.3, 0.4) is 0 Å². The predicted molar refractivity (Wildman–Crippen MR) is 68.0 cm³/mol. The van der Waals surface area contributed by atoms with Crippen LogP contribution in [0.1, 0.15) is 5.56 Å². The van der Waals surface area contributed by atoms with Crippen LogP contribution in [0.5, 0.6) is 0 Å². The quantitative estimate of drug-likeness (QED) is 0.788. The van der Waals surface area contributed by atoms with Crippen molar-refractivity contribution in [3.8, 4) is 0 Å². The van der Waals surface area contributed by atoms with Crippen molar-refractivity contribution in [2.75, 3.05) is 20.7 Å². The average Bonchev–Trinajstić information content (AvgIpc) is 2.28. The summed E-state index contributed by atoms with van der Waals surface area (Å²) in [5.41, 5.74) is 0.527. The number of nitrogens with zero attached hydrogens (tertiary/aromatic N) is 1. The molecular weight excluding hydrogens is 278 g/mol. The van der Waals surface area contributed by atoms with E-state index in [1.807, 2.05) is 0 Å². The minimum atomic E-state index is -3.72. The van der Waals surface area contributed by atoms with Crippen LogP contribution in [0.4, 0.5) is 0 Å². The Balaban J connectivity index is 3.09. The lowest BCUT2D eigenvalue weighted by Gasteiger charge is -2.17. The van der Waals surface area contributed by atoms with Crippen LogP contribution < -0.4 is 0 Å². The maximum absolute atomic E-state index is 12.2. The number of rotatable bonds is 4. The number of aryl methyl sites for hydroxylation is 1. The largest absolute Gasteiger partial charge is 0.468 e. The molecule has 1 aromatic rings. The summed E-state index contributed by atoms with van der Waals surface area (Å²) in [6.45, 7) is 1.31. The highest BCUT2D eigenvalue weighted by molar-refractivity contribution is 7.89. The molecule has 0 spiro atoms. The van der Waals surface area contributed by atoms with E-state index in [-0.39, 0.29) is 11.4 Å². The minimum absolute atomic E-state index is 0.123. The topological polar surface area (TPSA) is 63.7 Å². The monoisotopic (exact) mass is 291 g/mol. The van der Waals surface area contributed by atoms with Crippen molar-refractivity contribution in [3.05, 3.63) is 28.8 Å². The van der Waals surface area contributed by atoms with Gasteiger partial charge in [0.25, 0.3) is 0 Å². The molecule has 0 heterocycles. The molecule has 0 bridgehead atoms. The first-order valence-electron chi connectivity index (χ1n) is 5.08. The Morgan fingerprint density at radius 2 is 2.06 bits per heavy atom. The number of carbonyl (C=O) groups excluding carboxylic acids is 1. The first kappa shape index (κ1) is 14.9. The summed E-state index contributed by atoms with van der Waals surface area (Å²) in [6.07, 6.45) is 0. The third-order valence-electron chi connectivity index (χ3n) is 2.40. The Morgan fingerprint density at radius 3 is 2.56 bits per heavy atom. The van der Waals surface area contributed by atoms with E-state index in [0.29, 0.717) is 10.6 Å². The molecule has 100 valence electrons. The SMILES string of the molecule is COC(=O)CN(C)S(=O)(=O)c1ccc(Cl)cc1C. The van der Waals surface area contributed by atoms with Gasteiger partial charge in [-0.15, -0.1) is 0 Å². The summed E-state index contributed by atoms with van der Waals surface area (Å²) in [4.78, 5) is 11.2. The van der Waals surface area contributed by atoms with Gasteiger partial charge >= 0.3 is 5.97 Å². The summed E-state index contributed by atoms with van der Waals surface area (Å²) in [6, 6.07) is 4.47. The van der Waals surface area contributed by atoms with Crippen LogP contribution in [0.15, 0.2) is 23.1 Å². The maximum Gasteiger partial charge on any atom is 0.321 e. The Bertz CT molecular complexity index is 556. The number of esters is 1.